The molecule has 158 valence electrons. The van der Waals surface area contributed by atoms with Crippen molar-refractivity contribution in [3.05, 3.63) is 57.3 Å². The molecule has 0 aliphatic rings. The summed E-state index contributed by atoms with van der Waals surface area (Å²) in [5, 5.41) is 2.81. The number of sulfonamides is 1. The SMILES string of the molecule is CCc1ccc(C(C)NC(=O)COC(=O)c2ccc(CCNS(C)(=O)=O)s2)cc1. The van der Waals surface area contributed by atoms with Gasteiger partial charge in [0.15, 0.2) is 6.61 Å². The molecule has 0 spiro atoms. The molecule has 0 saturated heterocycles. The summed E-state index contributed by atoms with van der Waals surface area (Å²) in [6.45, 7) is 3.85. The van der Waals surface area contributed by atoms with Gasteiger partial charge in [-0.3, -0.25) is 4.79 Å². The molecular weight excluding hydrogens is 412 g/mol. The van der Waals surface area contributed by atoms with Gasteiger partial charge in [-0.05, 0) is 43.0 Å². The summed E-state index contributed by atoms with van der Waals surface area (Å²) < 4.78 is 29.6. The first-order valence-corrected chi connectivity index (χ1v) is 12.0. The summed E-state index contributed by atoms with van der Waals surface area (Å²) in [4.78, 5) is 25.4. The van der Waals surface area contributed by atoms with Gasteiger partial charge in [-0.15, -0.1) is 11.3 Å². The molecule has 0 aliphatic carbocycles. The number of nitrogens with one attached hydrogen (secondary N) is 2. The topological polar surface area (TPSA) is 102 Å². The predicted octanol–water partition coefficient (Wildman–Crippen LogP) is 2.44. The Morgan fingerprint density at radius 2 is 1.83 bits per heavy atom. The van der Waals surface area contributed by atoms with E-state index in [9.17, 15) is 18.0 Å². The first-order chi connectivity index (χ1) is 13.7. The average Bonchev–Trinajstić information content (AvgIpc) is 3.14. The van der Waals surface area contributed by atoms with Gasteiger partial charge in [-0.2, -0.15) is 0 Å². The monoisotopic (exact) mass is 438 g/mol. The third kappa shape index (κ3) is 7.96. The third-order valence-electron chi connectivity index (χ3n) is 4.20. The maximum Gasteiger partial charge on any atom is 0.348 e. The van der Waals surface area contributed by atoms with Crippen molar-refractivity contribution in [1.29, 1.82) is 0 Å². The first kappa shape index (κ1) is 23.1. The maximum absolute atomic E-state index is 12.1. The second-order valence-corrected chi connectivity index (χ2v) is 9.64. The normalized spacial score (nSPS) is 12.4. The van der Waals surface area contributed by atoms with Crippen LogP contribution in [-0.2, 0) is 32.4 Å². The molecule has 0 saturated carbocycles. The van der Waals surface area contributed by atoms with E-state index in [2.05, 4.69) is 17.0 Å². The Morgan fingerprint density at radius 3 is 2.45 bits per heavy atom. The van der Waals surface area contributed by atoms with Crippen LogP contribution in [0.3, 0.4) is 0 Å². The lowest BCUT2D eigenvalue weighted by molar-refractivity contribution is -0.124. The summed E-state index contributed by atoms with van der Waals surface area (Å²) in [7, 11) is -3.24. The lowest BCUT2D eigenvalue weighted by Gasteiger charge is -2.14. The largest absolute Gasteiger partial charge is 0.451 e. The number of carbonyl (C=O) groups excluding carboxylic acids is 2. The standard InChI is InChI=1S/C20H26N2O5S2/c1-4-15-5-7-16(8-6-15)14(2)22-19(23)13-27-20(24)18-10-9-17(28-18)11-12-21-29(3,25)26/h5-10,14,21H,4,11-13H2,1-3H3,(H,22,23). The molecule has 29 heavy (non-hydrogen) atoms. The van der Waals surface area contributed by atoms with Gasteiger partial charge in [-0.25, -0.2) is 17.9 Å². The number of hydrogen-bond donors (Lipinski definition) is 2. The van der Waals surface area contributed by atoms with Crippen LogP contribution in [0, 0.1) is 0 Å². The summed E-state index contributed by atoms with van der Waals surface area (Å²) in [6, 6.07) is 11.2. The Kier molecular flexibility index (Phi) is 8.36. The van der Waals surface area contributed by atoms with Crippen molar-refractivity contribution in [3.63, 3.8) is 0 Å². The lowest BCUT2D eigenvalue weighted by Crippen LogP contribution is -2.31. The molecule has 0 bridgehead atoms. The van der Waals surface area contributed by atoms with Crippen molar-refractivity contribution in [1.82, 2.24) is 10.0 Å². The van der Waals surface area contributed by atoms with Crippen molar-refractivity contribution in [2.75, 3.05) is 19.4 Å². The van der Waals surface area contributed by atoms with Crippen molar-refractivity contribution >= 4 is 33.2 Å². The number of thiophene rings is 1. The fourth-order valence-electron chi connectivity index (χ4n) is 2.59. The molecule has 1 unspecified atom stereocenters. The van der Waals surface area contributed by atoms with E-state index in [1.54, 1.807) is 12.1 Å². The average molecular weight is 439 g/mol. The van der Waals surface area contributed by atoms with Crippen LogP contribution in [0.25, 0.3) is 0 Å². The zero-order valence-corrected chi connectivity index (χ0v) is 18.4. The smallest absolute Gasteiger partial charge is 0.348 e. The number of ether oxygens (including phenoxy) is 1. The van der Waals surface area contributed by atoms with E-state index in [-0.39, 0.29) is 25.1 Å². The van der Waals surface area contributed by atoms with Crippen LogP contribution in [-0.4, -0.2) is 39.7 Å². The van der Waals surface area contributed by atoms with E-state index in [1.165, 1.54) is 16.9 Å². The van der Waals surface area contributed by atoms with Crippen LogP contribution in [0.15, 0.2) is 36.4 Å². The van der Waals surface area contributed by atoms with Gasteiger partial charge in [0.05, 0.1) is 12.3 Å². The number of rotatable bonds is 10. The minimum Gasteiger partial charge on any atom is -0.451 e. The van der Waals surface area contributed by atoms with E-state index < -0.39 is 16.0 Å². The van der Waals surface area contributed by atoms with E-state index in [0.29, 0.717) is 11.3 Å². The summed E-state index contributed by atoms with van der Waals surface area (Å²) >= 11 is 1.22. The van der Waals surface area contributed by atoms with Crippen LogP contribution in [0.2, 0.25) is 0 Å². The van der Waals surface area contributed by atoms with Crippen molar-refractivity contribution in [3.8, 4) is 0 Å². The molecule has 0 fully saturated rings. The van der Waals surface area contributed by atoms with Crippen LogP contribution in [0.5, 0.6) is 0 Å². The number of aryl methyl sites for hydroxylation is 1. The molecule has 1 atom stereocenters. The van der Waals surface area contributed by atoms with Crippen LogP contribution in [0.4, 0.5) is 0 Å². The van der Waals surface area contributed by atoms with E-state index in [0.717, 1.165) is 23.1 Å². The second kappa shape index (κ2) is 10.5. The van der Waals surface area contributed by atoms with Gasteiger partial charge in [0, 0.05) is 11.4 Å². The Balaban J connectivity index is 1.78. The van der Waals surface area contributed by atoms with Gasteiger partial charge in [0.25, 0.3) is 5.91 Å². The Labute approximate surface area is 175 Å². The molecular formula is C20H26N2O5S2. The Morgan fingerprint density at radius 1 is 1.14 bits per heavy atom. The molecule has 9 heteroatoms. The lowest BCUT2D eigenvalue weighted by atomic mass is 10.1. The van der Waals surface area contributed by atoms with E-state index in [1.807, 2.05) is 31.2 Å². The molecule has 1 heterocycles. The van der Waals surface area contributed by atoms with Gasteiger partial charge >= 0.3 is 5.97 Å². The Bertz CT molecular complexity index is 936. The molecule has 0 aliphatic heterocycles. The number of hydrogen-bond acceptors (Lipinski definition) is 6. The highest BCUT2D eigenvalue weighted by Crippen LogP contribution is 2.18. The Hall–Kier alpha value is -2.23. The highest BCUT2D eigenvalue weighted by molar-refractivity contribution is 7.88. The predicted molar refractivity (Wildman–Crippen MR) is 114 cm³/mol. The molecule has 1 aromatic carbocycles. The minimum atomic E-state index is -3.24. The maximum atomic E-state index is 12.1. The summed E-state index contributed by atoms with van der Waals surface area (Å²) in [5.74, 6) is -0.952. The van der Waals surface area contributed by atoms with Crippen molar-refractivity contribution in [2.24, 2.45) is 0 Å². The second-order valence-electron chi connectivity index (χ2n) is 6.64. The molecule has 1 amide bonds. The molecule has 2 rings (SSSR count). The van der Waals surface area contributed by atoms with Crippen LogP contribution in [0.1, 0.15) is 45.6 Å². The number of benzene rings is 1. The number of amides is 1. The zero-order valence-electron chi connectivity index (χ0n) is 16.7. The summed E-state index contributed by atoms with van der Waals surface area (Å²) in [6.07, 6.45) is 2.52. The number of esters is 1. The van der Waals surface area contributed by atoms with Gasteiger partial charge in [-0.1, -0.05) is 31.2 Å². The van der Waals surface area contributed by atoms with E-state index >= 15 is 0 Å². The summed E-state index contributed by atoms with van der Waals surface area (Å²) in [5.41, 5.74) is 2.20. The molecule has 7 nitrogen and oxygen atoms in total. The fraction of sp³-hybridized carbons (Fsp3) is 0.400. The highest BCUT2D eigenvalue weighted by Gasteiger charge is 2.15. The first-order valence-electron chi connectivity index (χ1n) is 9.26. The number of carbonyl (C=O) groups is 2. The zero-order chi connectivity index (χ0) is 21.4. The van der Waals surface area contributed by atoms with Crippen LogP contribution >= 0.6 is 11.3 Å². The highest BCUT2D eigenvalue weighted by atomic mass is 32.2. The molecule has 1 aromatic heterocycles. The molecule has 0 radical (unpaired) electrons. The fourth-order valence-corrected chi connectivity index (χ4v) is 3.97. The van der Waals surface area contributed by atoms with Crippen molar-refractivity contribution in [2.45, 2.75) is 32.7 Å². The van der Waals surface area contributed by atoms with Crippen LogP contribution < -0.4 is 10.0 Å². The van der Waals surface area contributed by atoms with Gasteiger partial charge < -0.3 is 10.1 Å². The van der Waals surface area contributed by atoms with Gasteiger partial charge in [0.2, 0.25) is 10.0 Å². The third-order valence-corrected chi connectivity index (χ3v) is 6.05. The van der Waals surface area contributed by atoms with E-state index in [4.69, 9.17) is 4.74 Å². The van der Waals surface area contributed by atoms with Gasteiger partial charge in [0.1, 0.15) is 4.88 Å². The van der Waals surface area contributed by atoms with Crippen molar-refractivity contribution < 1.29 is 22.7 Å². The molecule has 2 N–H and O–H groups in total. The minimum absolute atomic E-state index is 0.192. The quantitative estimate of drug-likeness (QED) is 0.555. The molecule has 2 aromatic rings.